The van der Waals surface area contributed by atoms with Gasteiger partial charge in [0.2, 0.25) is 0 Å². The number of rotatable bonds is 4. The van der Waals surface area contributed by atoms with E-state index in [1.54, 1.807) is 13.3 Å². The Morgan fingerprint density at radius 2 is 2.18 bits per heavy atom. The third-order valence-corrected chi connectivity index (χ3v) is 3.60. The molecule has 1 fully saturated rings. The van der Waals surface area contributed by atoms with Crippen LogP contribution < -0.4 is 5.73 Å². The van der Waals surface area contributed by atoms with Crippen LogP contribution in [0.25, 0.3) is 0 Å². The monoisotopic (exact) mass is 238 g/mol. The SMILES string of the molecule is COCCN1CCC(n2ncc(N)c2C)CC1. The Bertz CT molecular complexity index is 355. The van der Waals surface area contributed by atoms with Crippen LogP contribution in [0.4, 0.5) is 5.69 Å². The first-order valence-electron chi connectivity index (χ1n) is 6.23. The summed E-state index contributed by atoms with van der Waals surface area (Å²) < 4.78 is 7.19. The van der Waals surface area contributed by atoms with Crippen LogP contribution >= 0.6 is 0 Å². The molecule has 0 unspecified atom stereocenters. The fourth-order valence-corrected chi connectivity index (χ4v) is 2.41. The molecule has 1 aliphatic heterocycles. The van der Waals surface area contributed by atoms with Crippen molar-refractivity contribution in [3.63, 3.8) is 0 Å². The maximum atomic E-state index is 5.83. The molecule has 0 bridgehead atoms. The molecular weight excluding hydrogens is 216 g/mol. The minimum atomic E-state index is 0.506. The number of methoxy groups -OCH3 is 1. The minimum Gasteiger partial charge on any atom is -0.396 e. The smallest absolute Gasteiger partial charge is 0.0730 e. The third kappa shape index (κ3) is 2.79. The molecule has 0 atom stereocenters. The maximum absolute atomic E-state index is 5.83. The molecule has 2 heterocycles. The zero-order chi connectivity index (χ0) is 12.3. The molecule has 5 heteroatoms. The second-order valence-electron chi connectivity index (χ2n) is 4.70. The van der Waals surface area contributed by atoms with Crippen LogP contribution in [0.1, 0.15) is 24.6 Å². The van der Waals surface area contributed by atoms with Gasteiger partial charge in [-0.05, 0) is 19.8 Å². The summed E-state index contributed by atoms with van der Waals surface area (Å²) in [5.41, 5.74) is 7.73. The highest BCUT2D eigenvalue weighted by molar-refractivity contribution is 5.39. The van der Waals surface area contributed by atoms with Gasteiger partial charge in [-0.25, -0.2) is 0 Å². The molecule has 5 nitrogen and oxygen atoms in total. The number of hydrogen-bond donors (Lipinski definition) is 1. The van der Waals surface area contributed by atoms with E-state index in [2.05, 4.69) is 14.7 Å². The average molecular weight is 238 g/mol. The first-order chi connectivity index (χ1) is 8.22. The zero-order valence-corrected chi connectivity index (χ0v) is 10.7. The second kappa shape index (κ2) is 5.51. The lowest BCUT2D eigenvalue weighted by molar-refractivity contribution is 0.119. The molecule has 0 amide bonds. The first-order valence-corrected chi connectivity index (χ1v) is 6.23. The minimum absolute atomic E-state index is 0.506. The molecule has 1 aromatic rings. The van der Waals surface area contributed by atoms with E-state index < -0.39 is 0 Å². The van der Waals surface area contributed by atoms with Crippen LogP contribution in [-0.2, 0) is 4.74 Å². The predicted molar refractivity (Wildman–Crippen MR) is 68.0 cm³/mol. The summed E-state index contributed by atoms with van der Waals surface area (Å²) in [5.74, 6) is 0. The van der Waals surface area contributed by atoms with E-state index in [4.69, 9.17) is 10.5 Å². The van der Waals surface area contributed by atoms with Crippen LogP contribution in [0.15, 0.2) is 6.20 Å². The Kier molecular flexibility index (Phi) is 4.02. The summed E-state index contributed by atoms with van der Waals surface area (Å²) in [4.78, 5) is 2.45. The van der Waals surface area contributed by atoms with E-state index >= 15 is 0 Å². The maximum Gasteiger partial charge on any atom is 0.0730 e. The molecule has 17 heavy (non-hydrogen) atoms. The lowest BCUT2D eigenvalue weighted by Gasteiger charge is -2.32. The Labute approximate surface area is 103 Å². The molecule has 0 spiro atoms. The largest absolute Gasteiger partial charge is 0.396 e. The van der Waals surface area contributed by atoms with Gasteiger partial charge >= 0.3 is 0 Å². The second-order valence-corrected chi connectivity index (χ2v) is 4.70. The van der Waals surface area contributed by atoms with Gasteiger partial charge in [0, 0.05) is 26.7 Å². The Morgan fingerprint density at radius 1 is 1.47 bits per heavy atom. The Balaban J connectivity index is 1.89. The van der Waals surface area contributed by atoms with Gasteiger partial charge in [-0.15, -0.1) is 0 Å². The number of likely N-dealkylation sites (tertiary alicyclic amines) is 1. The summed E-state index contributed by atoms with van der Waals surface area (Å²) in [7, 11) is 1.75. The van der Waals surface area contributed by atoms with Crippen LogP contribution in [0.5, 0.6) is 0 Å². The van der Waals surface area contributed by atoms with Gasteiger partial charge < -0.3 is 15.4 Å². The summed E-state index contributed by atoms with van der Waals surface area (Å²) >= 11 is 0. The molecule has 0 aliphatic carbocycles. The number of hydrogen-bond acceptors (Lipinski definition) is 4. The van der Waals surface area contributed by atoms with Gasteiger partial charge in [-0.1, -0.05) is 0 Å². The van der Waals surface area contributed by atoms with Crippen molar-refractivity contribution in [2.24, 2.45) is 0 Å². The quantitative estimate of drug-likeness (QED) is 0.852. The third-order valence-electron chi connectivity index (χ3n) is 3.60. The van der Waals surface area contributed by atoms with Gasteiger partial charge in [0.1, 0.15) is 0 Å². The fraction of sp³-hybridized carbons (Fsp3) is 0.750. The van der Waals surface area contributed by atoms with E-state index in [0.29, 0.717) is 6.04 Å². The van der Waals surface area contributed by atoms with Gasteiger partial charge in [0.05, 0.1) is 30.2 Å². The van der Waals surface area contributed by atoms with E-state index in [1.807, 2.05) is 6.92 Å². The molecule has 96 valence electrons. The van der Waals surface area contributed by atoms with Gasteiger partial charge in [-0.2, -0.15) is 5.10 Å². The van der Waals surface area contributed by atoms with E-state index in [-0.39, 0.29) is 0 Å². The molecule has 0 radical (unpaired) electrons. The normalized spacial score (nSPS) is 18.7. The lowest BCUT2D eigenvalue weighted by atomic mass is 10.1. The van der Waals surface area contributed by atoms with Crippen molar-refractivity contribution in [2.45, 2.75) is 25.8 Å². The molecule has 0 saturated carbocycles. The molecule has 2 rings (SSSR count). The van der Waals surface area contributed by atoms with Gasteiger partial charge in [0.15, 0.2) is 0 Å². The predicted octanol–water partition coefficient (Wildman–Crippen LogP) is 1.06. The molecule has 1 saturated heterocycles. The van der Waals surface area contributed by atoms with Crippen molar-refractivity contribution in [2.75, 3.05) is 39.1 Å². The van der Waals surface area contributed by atoms with Crippen LogP contribution in [0.2, 0.25) is 0 Å². The van der Waals surface area contributed by atoms with Gasteiger partial charge in [-0.3, -0.25) is 4.68 Å². The summed E-state index contributed by atoms with van der Waals surface area (Å²) in [6.45, 7) is 6.13. The summed E-state index contributed by atoms with van der Waals surface area (Å²) in [6, 6.07) is 0.506. The number of nitrogen functional groups attached to an aromatic ring is 1. The Morgan fingerprint density at radius 3 is 2.71 bits per heavy atom. The summed E-state index contributed by atoms with van der Waals surface area (Å²) in [5, 5.41) is 4.37. The zero-order valence-electron chi connectivity index (χ0n) is 10.7. The molecule has 1 aliphatic rings. The first kappa shape index (κ1) is 12.4. The molecule has 1 aromatic heterocycles. The lowest BCUT2D eigenvalue weighted by Crippen LogP contribution is -2.37. The van der Waals surface area contributed by atoms with Crippen molar-refractivity contribution in [1.29, 1.82) is 0 Å². The van der Waals surface area contributed by atoms with E-state index in [0.717, 1.165) is 50.5 Å². The van der Waals surface area contributed by atoms with Crippen molar-refractivity contribution < 1.29 is 4.74 Å². The fourth-order valence-electron chi connectivity index (χ4n) is 2.41. The van der Waals surface area contributed by atoms with Gasteiger partial charge in [0.25, 0.3) is 0 Å². The highest BCUT2D eigenvalue weighted by Crippen LogP contribution is 2.24. The van der Waals surface area contributed by atoms with Crippen molar-refractivity contribution >= 4 is 5.69 Å². The topological polar surface area (TPSA) is 56.3 Å². The number of aromatic nitrogens is 2. The van der Waals surface area contributed by atoms with Crippen molar-refractivity contribution in [3.8, 4) is 0 Å². The van der Waals surface area contributed by atoms with Crippen molar-refractivity contribution in [3.05, 3.63) is 11.9 Å². The van der Waals surface area contributed by atoms with Crippen LogP contribution in [-0.4, -0.2) is 48.0 Å². The standard InChI is InChI=1S/C12H22N4O/c1-10-12(13)9-14-16(10)11-3-5-15(6-4-11)7-8-17-2/h9,11H,3-8,13H2,1-2H3. The molecular formula is C12H22N4O. The average Bonchev–Trinajstić information content (AvgIpc) is 2.68. The van der Waals surface area contributed by atoms with Crippen LogP contribution in [0.3, 0.4) is 0 Å². The molecule has 0 aromatic carbocycles. The highest BCUT2D eigenvalue weighted by atomic mass is 16.5. The van der Waals surface area contributed by atoms with E-state index in [1.165, 1.54) is 0 Å². The van der Waals surface area contributed by atoms with Crippen LogP contribution in [0, 0.1) is 6.92 Å². The number of anilines is 1. The number of piperidine rings is 1. The number of nitrogens with zero attached hydrogens (tertiary/aromatic N) is 3. The Hall–Kier alpha value is -1.07. The number of ether oxygens (including phenoxy) is 1. The van der Waals surface area contributed by atoms with Crippen molar-refractivity contribution in [1.82, 2.24) is 14.7 Å². The molecule has 2 N–H and O–H groups in total. The van der Waals surface area contributed by atoms with E-state index in [9.17, 15) is 0 Å². The summed E-state index contributed by atoms with van der Waals surface area (Å²) in [6.07, 6.45) is 4.05. The number of nitrogens with two attached hydrogens (primary N) is 1. The highest BCUT2D eigenvalue weighted by Gasteiger charge is 2.22.